The number of hydrogen-bond acceptors (Lipinski definition) is 2. The molecule has 0 atom stereocenters. The largest absolute Gasteiger partial charge is 0.545 e. The number of nitrogens with zero attached hydrogens (tertiary/aromatic N) is 1. The van der Waals surface area contributed by atoms with Gasteiger partial charge in [0, 0.05) is 37.2 Å². The van der Waals surface area contributed by atoms with E-state index in [1.807, 2.05) is 0 Å². The lowest BCUT2D eigenvalue weighted by molar-refractivity contribution is 0.331. The van der Waals surface area contributed by atoms with Crippen molar-refractivity contribution in [3.63, 3.8) is 0 Å². The summed E-state index contributed by atoms with van der Waals surface area (Å²) >= 11 is 7.22. The zero-order chi connectivity index (χ0) is 38.4. The zero-order valence-electron chi connectivity index (χ0n) is 36.2. The highest BCUT2D eigenvalue weighted by Gasteiger charge is 2.50. The van der Waals surface area contributed by atoms with E-state index in [1.54, 1.807) is 10.1 Å². The van der Waals surface area contributed by atoms with E-state index in [9.17, 15) is 0 Å². The monoisotopic (exact) mass is 724 g/mol. The van der Waals surface area contributed by atoms with E-state index >= 15 is 0 Å². The predicted octanol–water partition coefficient (Wildman–Crippen LogP) is 13.8. The van der Waals surface area contributed by atoms with Crippen LogP contribution in [0.3, 0.4) is 0 Å². The number of rotatable bonds is 5. The van der Waals surface area contributed by atoms with E-state index in [4.69, 9.17) is 12.2 Å². The lowest BCUT2D eigenvalue weighted by atomic mass is 9.72. The molecule has 0 N–H and O–H groups in total. The molecule has 0 bridgehead atoms. The minimum absolute atomic E-state index is 0.0301. The molecule has 49 heavy (non-hydrogen) atoms. The maximum Gasteiger partial charge on any atom is 0.121 e. The van der Waals surface area contributed by atoms with Gasteiger partial charge >= 0.3 is 0 Å². The minimum atomic E-state index is -2.16. The van der Waals surface area contributed by atoms with Gasteiger partial charge in [0.1, 0.15) is 10.1 Å². The first-order valence-corrected chi connectivity index (χ1v) is 23.4. The molecule has 0 saturated heterocycles. The predicted molar refractivity (Wildman–Crippen MR) is 233 cm³/mol. The molecule has 0 amide bonds. The number of benzene rings is 2. The van der Waals surface area contributed by atoms with E-state index in [-0.39, 0.29) is 32.5 Å². The van der Waals surface area contributed by atoms with Crippen molar-refractivity contribution in [1.82, 2.24) is 4.67 Å². The van der Waals surface area contributed by atoms with Crippen LogP contribution in [-0.4, -0.2) is 33.5 Å². The Balaban J connectivity index is 2.92. The second-order valence-corrected chi connectivity index (χ2v) is 29.5. The van der Waals surface area contributed by atoms with Crippen LogP contribution in [0.5, 0.6) is 0 Å². The molecule has 2 aromatic carbocycles. The molecule has 0 spiro atoms. The molecule has 1 heterocycles. The normalized spacial score (nSPS) is 19.4. The summed E-state index contributed by atoms with van der Waals surface area (Å²) in [6.07, 6.45) is 0. The minimum Gasteiger partial charge on any atom is -0.545 e. The van der Waals surface area contributed by atoms with Gasteiger partial charge in [-0.1, -0.05) is 149 Å². The van der Waals surface area contributed by atoms with E-state index in [2.05, 4.69) is 188 Å². The second-order valence-electron chi connectivity index (χ2n) is 21.8. The van der Waals surface area contributed by atoms with E-state index in [0.29, 0.717) is 12.1 Å². The first kappa shape index (κ1) is 42.6. The van der Waals surface area contributed by atoms with Crippen LogP contribution in [-0.2, 0) is 44.7 Å². The Labute approximate surface area is 311 Å². The highest BCUT2D eigenvalue weighted by molar-refractivity contribution is 8.62. The third-order valence-corrected chi connectivity index (χ3v) is 20.3. The van der Waals surface area contributed by atoms with Crippen LogP contribution in [0, 0.1) is 0 Å². The van der Waals surface area contributed by atoms with E-state index < -0.39 is 13.8 Å². The highest BCUT2D eigenvalue weighted by atomic mass is 32.7. The molecule has 2 aromatic rings. The lowest BCUT2D eigenvalue weighted by Gasteiger charge is -2.49. The van der Waals surface area contributed by atoms with Crippen LogP contribution in [0.15, 0.2) is 24.3 Å². The van der Waals surface area contributed by atoms with Crippen molar-refractivity contribution >= 4 is 36.1 Å². The van der Waals surface area contributed by atoms with Crippen LogP contribution in [0.2, 0.25) is 0 Å². The molecular weight excluding hydrogens is 649 g/mol. The number of hydrogen-bond donors (Lipinski definition) is 0. The highest BCUT2D eigenvalue weighted by Crippen LogP contribution is 2.74. The Bertz CT molecular complexity index is 1480. The molecule has 0 aliphatic carbocycles. The van der Waals surface area contributed by atoms with Gasteiger partial charge in [-0.25, -0.2) is 0 Å². The third kappa shape index (κ3) is 8.40. The van der Waals surface area contributed by atoms with Gasteiger partial charge in [-0.2, -0.15) is 0 Å². The summed E-state index contributed by atoms with van der Waals surface area (Å²) in [6.45, 7) is 53.1. The summed E-state index contributed by atoms with van der Waals surface area (Å²) in [5, 5.41) is 3.20. The molecule has 0 saturated carbocycles. The molecule has 0 aromatic heterocycles. The Morgan fingerprint density at radius 2 is 0.694 bits per heavy atom. The summed E-state index contributed by atoms with van der Waals surface area (Å²) in [5.41, 5.74) is 11.7. The van der Waals surface area contributed by atoms with Gasteiger partial charge in [-0.15, -0.1) is 0 Å². The topological polar surface area (TPSA) is 3.24 Å². The van der Waals surface area contributed by atoms with Crippen molar-refractivity contribution in [1.29, 1.82) is 0 Å². The first-order valence-electron chi connectivity index (χ1n) is 18.9. The van der Waals surface area contributed by atoms with Crippen molar-refractivity contribution < 1.29 is 0 Å². The molecule has 3 rings (SSSR count). The Morgan fingerprint density at radius 3 is 0.857 bits per heavy atom. The third-order valence-electron chi connectivity index (χ3n) is 10.2. The van der Waals surface area contributed by atoms with Gasteiger partial charge in [-0.3, -0.25) is 4.67 Å². The molecule has 1 nitrogen and oxygen atoms in total. The van der Waals surface area contributed by atoms with Gasteiger partial charge in [0.15, 0.2) is 0 Å². The van der Waals surface area contributed by atoms with Gasteiger partial charge in [-0.05, 0) is 100 Å². The SMILES string of the molecule is CC(C)N(C(C)C)P1=C(c2c(C(C)(C)C)cc(C(C)(C)C)cc2C(C)(C)C)[P+](C)([S-])C=1c1c(C(C)(C)C)cc(C(C)(C)C)cc1C(C)(C)C. The molecule has 0 fully saturated rings. The van der Waals surface area contributed by atoms with Gasteiger partial charge in [0.25, 0.3) is 0 Å². The van der Waals surface area contributed by atoms with Gasteiger partial charge in [0.2, 0.25) is 0 Å². The van der Waals surface area contributed by atoms with Gasteiger partial charge in [0.05, 0.1) is 0 Å². The summed E-state index contributed by atoms with van der Waals surface area (Å²) in [4.78, 5) is 0. The molecule has 1 aliphatic heterocycles. The molecule has 0 radical (unpaired) electrons. The van der Waals surface area contributed by atoms with Crippen LogP contribution < -0.4 is 0 Å². The smallest absolute Gasteiger partial charge is 0.121 e. The Morgan fingerprint density at radius 1 is 0.469 bits per heavy atom. The van der Waals surface area contributed by atoms with Gasteiger partial charge < -0.3 is 12.2 Å². The second kappa shape index (κ2) is 13.3. The maximum absolute atomic E-state index is 7.22. The maximum atomic E-state index is 7.22. The molecule has 276 valence electrons. The zero-order valence-corrected chi connectivity index (χ0v) is 38.8. The Kier molecular flexibility index (Phi) is 11.5. The van der Waals surface area contributed by atoms with E-state index in [0.717, 1.165) is 0 Å². The quantitative estimate of drug-likeness (QED) is 0.223. The summed E-state index contributed by atoms with van der Waals surface area (Å²) in [7, 11) is -0.825. The lowest BCUT2D eigenvalue weighted by Crippen LogP contribution is -2.39. The fraction of sp³-hybridized carbons (Fsp3) is 0.689. The van der Waals surface area contributed by atoms with Crippen molar-refractivity contribution in [2.45, 2.75) is 197 Å². The van der Waals surface area contributed by atoms with Crippen LogP contribution in [0.4, 0.5) is 0 Å². The molecule has 4 heteroatoms. The summed E-state index contributed by atoms with van der Waals surface area (Å²) < 4.78 is 2.86. The van der Waals surface area contributed by atoms with Crippen molar-refractivity contribution in [3.05, 3.63) is 68.8 Å². The average Bonchev–Trinajstić information content (AvgIpc) is 2.83. The Hall–Kier alpha value is -0.780. The summed E-state index contributed by atoms with van der Waals surface area (Å²) in [5.74, 6) is 0. The molecule has 1 aliphatic rings. The van der Waals surface area contributed by atoms with Crippen LogP contribution in [0.1, 0.15) is 197 Å². The molecular formula is C45H75NP2S. The fourth-order valence-corrected chi connectivity index (χ4v) is 17.4. The standard InChI is InChI=1S/C45H75NP2S/c1-28(2)46(29(3)4)47-38(36-32(42(11,12)13)24-30(40(5,6)7)25-33(36)43(14,15)16)48(23,49)39(47)37-34(44(17,18)19)26-31(41(8,9)10)27-35(37)45(20,21)22/h24-29H,1-23H3. The fourth-order valence-electron chi connectivity index (χ4n) is 7.43. The van der Waals surface area contributed by atoms with Crippen LogP contribution in [0.25, 0.3) is 0 Å². The van der Waals surface area contributed by atoms with Crippen molar-refractivity contribution in [2.75, 3.05) is 6.66 Å². The first-order chi connectivity index (χ1) is 21.6. The van der Waals surface area contributed by atoms with Crippen molar-refractivity contribution in [2.24, 2.45) is 0 Å². The average molecular weight is 724 g/mol. The van der Waals surface area contributed by atoms with E-state index in [1.165, 1.54) is 44.5 Å². The summed E-state index contributed by atoms with van der Waals surface area (Å²) in [6, 6.07) is 11.0. The van der Waals surface area contributed by atoms with Crippen LogP contribution >= 0.6 is 13.8 Å². The van der Waals surface area contributed by atoms with Crippen molar-refractivity contribution in [3.8, 4) is 0 Å². The molecule has 0 unspecified atom stereocenters.